The summed E-state index contributed by atoms with van der Waals surface area (Å²) in [5.41, 5.74) is -1.58. The Hall–Kier alpha value is -1.08. The molecular weight excluding hydrogens is 282 g/mol. The van der Waals surface area contributed by atoms with E-state index in [1.807, 2.05) is 0 Å². The zero-order valence-electron chi connectivity index (χ0n) is 10.6. The summed E-state index contributed by atoms with van der Waals surface area (Å²) in [7, 11) is 0. The van der Waals surface area contributed by atoms with Gasteiger partial charge in [-0.15, -0.1) is 0 Å². The van der Waals surface area contributed by atoms with Gasteiger partial charge >= 0.3 is 6.18 Å². The van der Waals surface area contributed by atoms with Crippen molar-refractivity contribution in [2.45, 2.75) is 31.7 Å². The van der Waals surface area contributed by atoms with Gasteiger partial charge in [0.2, 0.25) is 5.71 Å². The topological polar surface area (TPSA) is 35.4 Å². The molecule has 1 rings (SSSR count). The minimum atomic E-state index is -4.75. The molecule has 0 aliphatic carbocycles. The molecule has 0 radical (unpaired) electrons. The van der Waals surface area contributed by atoms with Gasteiger partial charge in [0.25, 0.3) is 0 Å². The lowest BCUT2D eigenvalue weighted by Gasteiger charge is -2.20. The molecule has 0 saturated heterocycles. The summed E-state index contributed by atoms with van der Waals surface area (Å²) in [4.78, 5) is 0. The number of halogens is 4. The molecule has 1 aromatic carbocycles. The number of benzene rings is 1. The lowest BCUT2D eigenvalue weighted by atomic mass is 10.1. The molecule has 0 aliphatic rings. The van der Waals surface area contributed by atoms with Crippen LogP contribution in [-0.2, 0) is 11.4 Å². The van der Waals surface area contributed by atoms with Crippen LogP contribution in [0.3, 0.4) is 0 Å². The van der Waals surface area contributed by atoms with Gasteiger partial charge in [-0.25, -0.2) is 4.39 Å². The van der Waals surface area contributed by atoms with E-state index >= 15 is 0 Å². The Kier molecular flexibility index (Phi) is 4.63. The van der Waals surface area contributed by atoms with Gasteiger partial charge in [0.15, 0.2) is 0 Å². The van der Waals surface area contributed by atoms with Crippen LogP contribution in [0, 0.1) is 5.82 Å². The number of alkyl halides is 3. The van der Waals surface area contributed by atoms with E-state index in [1.165, 1.54) is 20.8 Å². The summed E-state index contributed by atoms with van der Waals surface area (Å²) < 4.78 is 65.5. The first-order valence-corrected chi connectivity index (χ1v) is 6.46. The highest BCUT2D eigenvalue weighted by atomic mass is 32.2. The van der Waals surface area contributed by atoms with Gasteiger partial charge in [0.05, 0.1) is 0 Å². The maximum absolute atomic E-state index is 12.9. The predicted octanol–water partition coefficient (Wildman–Crippen LogP) is 3.64. The van der Waals surface area contributed by atoms with Crippen LogP contribution in [0.4, 0.5) is 17.6 Å². The highest BCUT2D eigenvalue weighted by molar-refractivity contribution is 7.91. The van der Waals surface area contributed by atoms with Gasteiger partial charge in [-0.2, -0.15) is 13.2 Å². The number of hydrogen-bond donors (Lipinski definition) is 0. The monoisotopic (exact) mass is 295 g/mol. The Morgan fingerprint density at radius 1 is 1.11 bits per heavy atom. The Balaban J connectivity index is 3.24. The Morgan fingerprint density at radius 2 is 1.58 bits per heavy atom. The van der Waals surface area contributed by atoms with Crippen LogP contribution < -0.4 is 0 Å². The summed E-state index contributed by atoms with van der Waals surface area (Å²) in [6.07, 6.45) is -4.75. The Morgan fingerprint density at radius 3 is 1.95 bits per heavy atom. The minimum Gasteiger partial charge on any atom is -0.591 e. The van der Waals surface area contributed by atoms with Gasteiger partial charge in [0, 0.05) is 5.56 Å². The molecule has 1 aromatic rings. The molecule has 7 heteroatoms. The van der Waals surface area contributed by atoms with Gasteiger partial charge in [-0.1, -0.05) is 4.40 Å². The molecule has 2 nitrogen and oxygen atoms in total. The predicted molar refractivity (Wildman–Crippen MR) is 66.9 cm³/mol. The van der Waals surface area contributed by atoms with Crippen molar-refractivity contribution in [1.29, 1.82) is 0 Å². The van der Waals surface area contributed by atoms with Crippen LogP contribution in [0.25, 0.3) is 0 Å². The van der Waals surface area contributed by atoms with Gasteiger partial charge in [-0.05, 0) is 45.0 Å². The van der Waals surface area contributed by atoms with Crippen LogP contribution in [0.15, 0.2) is 28.7 Å². The highest BCUT2D eigenvalue weighted by Gasteiger charge is 2.41. The molecule has 0 bridgehead atoms. The molecule has 0 unspecified atom stereocenters. The molecule has 19 heavy (non-hydrogen) atoms. The zero-order valence-corrected chi connectivity index (χ0v) is 11.4. The largest absolute Gasteiger partial charge is 0.591 e. The van der Waals surface area contributed by atoms with E-state index in [2.05, 4.69) is 4.40 Å². The third-order valence-electron chi connectivity index (χ3n) is 2.08. The number of hydrogen-bond acceptors (Lipinski definition) is 2. The first kappa shape index (κ1) is 16.0. The second kappa shape index (κ2) is 5.50. The molecule has 106 valence electrons. The van der Waals surface area contributed by atoms with Crippen molar-refractivity contribution >= 4 is 17.1 Å². The van der Waals surface area contributed by atoms with Crippen molar-refractivity contribution in [3.05, 3.63) is 35.6 Å². The van der Waals surface area contributed by atoms with Gasteiger partial charge in [-0.3, -0.25) is 0 Å². The van der Waals surface area contributed by atoms with Gasteiger partial charge < -0.3 is 4.55 Å². The molecule has 0 aliphatic heterocycles. The molecule has 0 fully saturated rings. The quantitative estimate of drug-likeness (QED) is 0.466. The number of nitrogens with zero attached hydrogens (tertiary/aromatic N) is 1. The van der Waals surface area contributed by atoms with Crippen molar-refractivity contribution in [3.8, 4) is 0 Å². The fourth-order valence-corrected chi connectivity index (χ4v) is 1.74. The maximum Gasteiger partial charge on any atom is 0.438 e. The average Bonchev–Trinajstić information content (AvgIpc) is 2.24. The average molecular weight is 295 g/mol. The molecule has 0 N–H and O–H groups in total. The second-order valence-electron chi connectivity index (χ2n) is 4.81. The van der Waals surface area contributed by atoms with E-state index in [1.54, 1.807) is 0 Å². The van der Waals surface area contributed by atoms with E-state index in [0.29, 0.717) is 0 Å². The fraction of sp³-hybridized carbons (Fsp3) is 0.417. The first-order valence-electron chi connectivity index (χ1n) is 5.35. The second-order valence-corrected chi connectivity index (χ2v) is 6.71. The maximum atomic E-state index is 12.9. The fourth-order valence-electron chi connectivity index (χ4n) is 1.10. The van der Waals surface area contributed by atoms with E-state index in [0.717, 1.165) is 24.3 Å². The summed E-state index contributed by atoms with van der Waals surface area (Å²) >= 11 is -2.05. The van der Waals surface area contributed by atoms with E-state index in [-0.39, 0.29) is 5.56 Å². The zero-order chi connectivity index (χ0) is 14.8. The van der Waals surface area contributed by atoms with Gasteiger partial charge in [0.1, 0.15) is 21.9 Å². The summed E-state index contributed by atoms with van der Waals surface area (Å²) in [5.74, 6) is -0.651. The van der Waals surface area contributed by atoms with Crippen LogP contribution in [0.1, 0.15) is 26.3 Å². The standard InChI is InChI=1S/C12H13F4NOS/c1-11(2,3)19(18)17-10(12(14,15)16)8-4-6-9(13)7-5-8/h4-7H,1-3H3/t19-/m1/s1. The van der Waals surface area contributed by atoms with Crippen molar-refractivity contribution in [2.75, 3.05) is 0 Å². The third kappa shape index (κ3) is 4.50. The van der Waals surface area contributed by atoms with E-state index in [4.69, 9.17) is 0 Å². The molecule has 0 aromatic heterocycles. The lowest BCUT2D eigenvalue weighted by Crippen LogP contribution is -2.31. The SMILES string of the molecule is CC(C)(C)[S@@+]([O-])N=C(c1ccc(F)cc1)C(F)(F)F. The van der Waals surface area contributed by atoms with Crippen molar-refractivity contribution in [3.63, 3.8) is 0 Å². The molecular formula is C12H13F4NOS. The van der Waals surface area contributed by atoms with E-state index in [9.17, 15) is 22.1 Å². The summed E-state index contributed by atoms with van der Waals surface area (Å²) in [6, 6.07) is 3.72. The first-order chi connectivity index (χ1) is 8.51. The highest BCUT2D eigenvalue weighted by Crippen LogP contribution is 2.26. The number of rotatable bonds is 2. The van der Waals surface area contributed by atoms with Crippen LogP contribution in [0.2, 0.25) is 0 Å². The summed E-state index contributed by atoms with van der Waals surface area (Å²) in [6.45, 7) is 4.56. The van der Waals surface area contributed by atoms with Crippen LogP contribution in [0.5, 0.6) is 0 Å². The van der Waals surface area contributed by atoms with Crippen molar-refractivity contribution in [1.82, 2.24) is 0 Å². The smallest absolute Gasteiger partial charge is 0.438 e. The van der Waals surface area contributed by atoms with Crippen molar-refractivity contribution < 1.29 is 22.1 Å². The molecule has 0 saturated carbocycles. The Bertz CT molecular complexity index is 462. The minimum absolute atomic E-state index is 0.313. The lowest BCUT2D eigenvalue weighted by molar-refractivity contribution is -0.0578. The van der Waals surface area contributed by atoms with Crippen LogP contribution >= 0.6 is 0 Å². The van der Waals surface area contributed by atoms with E-state index < -0.39 is 33.8 Å². The molecule has 0 heterocycles. The van der Waals surface area contributed by atoms with Crippen LogP contribution in [-0.4, -0.2) is 21.2 Å². The third-order valence-corrected chi connectivity index (χ3v) is 3.48. The normalized spacial score (nSPS) is 15.5. The van der Waals surface area contributed by atoms with Crippen molar-refractivity contribution in [2.24, 2.45) is 4.40 Å². The summed E-state index contributed by atoms with van der Waals surface area (Å²) in [5, 5.41) is 0. The Labute approximate surface area is 111 Å². The molecule has 0 spiro atoms. The molecule has 0 amide bonds. The molecule has 1 atom stereocenters.